The lowest BCUT2D eigenvalue weighted by Crippen LogP contribution is -2.50. The Kier molecular flexibility index (Phi) is 6.39. The molecule has 1 aliphatic rings. The summed E-state index contributed by atoms with van der Waals surface area (Å²) in [4.78, 5) is 0. The van der Waals surface area contributed by atoms with Crippen molar-refractivity contribution in [1.82, 2.24) is 0 Å². The van der Waals surface area contributed by atoms with Crippen LogP contribution in [0.15, 0.2) is 59.0 Å². The van der Waals surface area contributed by atoms with Gasteiger partial charge in [-0.3, -0.25) is 0 Å². The van der Waals surface area contributed by atoms with Crippen LogP contribution in [0.5, 0.6) is 0 Å². The Hall–Kier alpha value is -2.25. The molecule has 0 fully saturated rings. The van der Waals surface area contributed by atoms with Crippen LogP contribution in [0.3, 0.4) is 0 Å². The molecule has 29 heavy (non-hydrogen) atoms. The van der Waals surface area contributed by atoms with E-state index in [1.807, 2.05) is 30.3 Å². The summed E-state index contributed by atoms with van der Waals surface area (Å²) >= 11 is 0. The van der Waals surface area contributed by atoms with Gasteiger partial charge in [-0.1, -0.05) is 48.5 Å². The fourth-order valence-electron chi connectivity index (χ4n) is 3.75. The number of rotatable bonds is 7. The molecule has 1 heterocycles. The second-order valence-corrected chi connectivity index (χ2v) is 9.60. The van der Waals surface area contributed by atoms with E-state index in [2.05, 4.69) is 4.40 Å². The lowest BCUT2D eigenvalue weighted by atomic mass is 9.92. The SMILES string of the molecule is CC1(C)OC(C[C@@H](CCO)c2ccccc2F)=NS(=O)(=O)C1Cc1ccccc1. The Labute approximate surface area is 171 Å². The molecule has 2 atom stereocenters. The Morgan fingerprint density at radius 3 is 2.41 bits per heavy atom. The molecule has 2 aromatic carbocycles. The van der Waals surface area contributed by atoms with Crippen molar-refractivity contribution in [3.8, 4) is 0 Å². The van der Waals surface area contributed by atoms with E-state index in [4.69, 9.17) is 4.74 Å². The van der Waals surface area contributed by atoms with Crippen molar-refractivity contribution in [3.63, 3.8) is 0 Å². The highest BCUT2D eigenvalue weighted by Gasteiger charge is 2.46. The van der Waals surface area contributed by atoms with E-state index in [0.29, 0.717) is 12.0 Å². The zero-order valence-electron chi connectivity index (χ0n) is 16.6. The molecule has 0 amide bonds. The molecular weight excluding hydrogens is 393 g/mol. The van der Waals surface area contributed by atoms with E-state index < -0.39 is 32.6 Å². The van der Waals surface area contributed by atoms with Crippen LogP contribution in [0, 0.1) is 5.82 Å². The van der Waals surface area contributed by atoms with Crippen molar-refractivity contribution < 1.29 is 22.7 Å². The molecule has 7 heteroatoms. The molecule has 0 radical (unpaired) electrons. The zero-order valence-corrected chi connectivity index (χ0v) is 17.4. The van der Waals surface area contributed by atoms with Gasteiger partial charge in [-0.15, -0.1) is 4.40 Å². The topological polar surface area (TPSA) is 76.0 Å². The Morgan fingerprint density at radius 1 is 1.14 bits per heavy atom. The van der Waals surface area contributed by atoms with Crippen LogP contribution in [-0.2, 0) is 21.2 Å². The third-order valence-electron chi connectivity index (χ3n) is 5.25. The van der Waals surface area contributed by atoms with Gasteiger partial charge >= 0.3 is 0 Å². The minimum Gasteiger partial charge on any atom is -0.473 e. The predicted molar refractivity (Wildman–Crippen MR) is 111 cm³/mol. The van der Waals surface area contributed by atoms with Crippen LogP contribution < -0.4 is 0 Å². The van der Waals surface area contributed by atoms with Crippen LogP contribution in [0.1, 0.15) is 43.7 Å². The molecule has 3 rings (SSSR count). The number of hydrogen-bond donors (Lipinski definition) is 1. The second-order valence-electron chi connectivity index (χ2n) is 7.82. The standard InChI is InChI=1S/C22H26FNO4S/c1-22(2)20(14-16-8-4-3-5-9-16)29(26,27)24-21(28-22)15-17(12-13-25)18-10-6-7-11-19(18)23/h3-11,17,20,25H,12-15H2,1-2H3/t17-,20?/m1/s1. The number of ether oxygens (including phenoxy) is 1. The Bertz CT molecular complexity index is 973. The van der Waals surface area contributed by atoms with Gasteiger partial charge in [0, 0.05) is 13.0 Å². The van der Waals surface area contributed by atoms with E-state index in [9.17, 15) is 17.9 Å². The molecule has 1 N–H and O–H groups in total. The molecule has 0 aliphatic carbocycles. The normalized spacial score (nSPS) is 21.1. The van der Waals surface area contributed by atoms with Gasteiger partial charge in [0.15, 0.2) is 0 Å². The highest BCUT2D eigenvalue weighted by molar-refractivity contribution is 7.91. The van der Waals surface area contributed by atoms with Gasteiger partial charge in [0.05, 0.1) is 0 Å². The molecule has 0 saturated carbocycles. The van der Waals surface area contributed by atoms with Crippen LogP contribution in [0.25, 0.3) is 0 Å². The van der Waals surface area contributed by atoms with E-state index >= 15 is 0 Å². The summed E-state index contributed by atoms with van der Waals surface area (Å²) in [5.41, 5.74) is 0.306. The lowest BCUT2D eigenvalue weighted by molar-refractivity contribution is 0.0797. The third kappa shape index (κ3) is 5.03. The van der Waals surface area contributed by atoms with Crippen LogP contribution in [0.2, 0.25) is 0 Å². The van der Waals surface area contributed by atoms with Crippen LogP contribution in [0.4, 0.5) is 4.39 Å². The quantitative estimate of drug-likeness (QED) is 0.740. The fraction of sp³-hybridized carbons (Fsp3) is 0.409. The molecule has 0 bridgehead atoms. The van der Waals surface area contributed by atoms with Gasteiger partial charge in [0.2, 0.25) is 5.90 Å². The van der Waals surface area contributed by atoms with E-state index in [1.54, 1.807) is 32.0 Å². The third-order valence-corrected chi connectivity index (χ3v) is 7.16. The van der Waals surface area contributed by atoms with Gasteiger partial charge in [-0.2, -0.15) is 0 Å². The minimum atomic E-state index is -3.82. The first-order valence-corrected chi connectivity index (χ1v) is 11.1. The Balaban J connectivity index is 1.88. The molecule has 1 aliphatic heterocycles. The zero-order chi connectivity index (χ0) is 21.1. The Morgan fingerprint density at radius 2 is 1.79 bits per heavy atom. The first-order chi connectivity index (χ1) is 13.7. The molecule has 0 spiro atoms. The van der Waals surface area contributed by atoms with Crippen LogP contribution >= 0.6 is 0 Å². The molecule has 0 aromatic heterocycles. The predicted octanol–water partition coefficient (Wildman–Crippen LogP) is 3.83. The maximum atomic E-state index is 14.2. The molecule has 156 valence electrons. The monoisotopic (exact) mass is 419 g/mol. The average molecular weight is 420 g/mol. The van der Waals surface area contributed by atoms with Crippen molar-refractivity contribution in [2.45, 2.75) is 49.9 Å². The molecule has 1 unspecified atom stereocenters. The van der Waals surface area contributed by atoms with Crippen molar-refractivity contribution in [2.24, 2.45) is 4.40 Å². The number of aliphatic hydroxyl groups excluding tert-OH is 1. The average Bonchev–Trinajstić information content (AvgIpc) is 2.65. The summed E-state index contributed by atoms with van der Waals surface area (Å²) in [5.74, 6) is -0.774. The molecular formula is C22H26FNO4S. The van der Waals surface area contributed by atoms with Crippen molar-refractivity contribution in [2.75, 3.05) is 6.61 Å². The molecule has 2 aromatic rings. The highest BCUT2D eigenvalue weighted by Crippen LogP contribution is 2.34. The number of aliphatic hydroxyl groups is 1. The van der Waals surface area contributed by atoms with E-state index in [0.717, 1.165) is 5.56 Å². The van der Waals surface area contributed by atoms with Crippen LogP contribution in [-0.4, -0.2) is 36.9 Å². The van der Waals surface area contributed by atoms with Crippen molar-refractivity contribution in [3.05, 3.63) is 71.5 Å². The first-order valence-electron chi connectivity index (χ1n) is 9.64. The summed E-state index contributed by atoms with van der Waals surface area (Å²) in [5, 5.41) is 8.58. The summed E-state index contributed by atoms with van der Waals surface area (Å²) in [6, 6.07) is 15.6. The summed E-state index contributed by atoms with van der Waals surface area (Å²) in [6.45, 7) is 3.31. The lowest BCUT2D eigenvalue weighted by Gasteiger charge is -2.37. The van der Waals surface area contributed by atoms with E-state index in [-0.39, 0.29) is 25.3 Å². The highest BCUT2D eigenvalue weighted by atomic mass is 32.2. The number of halogens is 1. The maximum absolute atomic E-state index is 14.2. The summed E-state index contributed by atoms with van der Waals surface area (Å²) in [6.07, 6.45) is 0.666. The second kappa shape index (κ2) is 8.63. The van der Waals surface area contributed by atoms with Gasteiger partial charge < -0.3 is 9.84 Å². The van der Waals surface area contributed by atoms with Crippen molar-refractivity contribution in [1.29, 1.82) is 0 Å². The van der Waals surface area contributed by atoms with Gasteiger partial charge in [-0.05, 0) is 49.8 Å². The van der Waals surface area contributed by atoms with E-state index in [1.165, 1.54) is 6.07 Å². The number of hydrogen-bond acceptors (Lipinski definition) is 4. The summed E-state index contributed by atoms with van der Waals surface area (Å²) in [7, 11) is -3.82. The molecule has 5 nitrogen and oxygen atoms in total. The first kappa shape index (κ1) is 21.5. The van der Waals surface area contributed by atoms with Crippen molar-refractivity contribution >= 4 is 15.9 Å². The number of benzene rings is 2. The number of sulfonamides is 1. The molecule has 0 saturated heterocycles. The van der Waals surface area contributed by atoms with Gasteiger partial charge in [0.25, 0.3) is 10.0 Å². The maximum Gasteiger partial charge on any atom is 0.263 e. The summed E-state index contributed by atoms with van der Waals surface area (Å²) < 4.78 is 50.1. The minimum absolute atomic E-state index is 0.0565. The number of nitrogens with zero attached hydrogens (tertiary/aromatic N) is 1. The fourth-order valence-corrected chi connectivity index (χ4v) is 5.44. The smallest absolute Gasteiger partial charge is 0.263 e. The van der Waals surface area contributed by atoms with Gasteiger partial charge in [0.1, 0.15) is 16.7 Å². The largest absolute Gasteiger partial charge is 0.473 e. The van der Waals surface area contributed by atoms with Gasteiger partial charge in [-0.25, -0.2) is 12.8 Å².